The van der Waals surface area contributed by atoms with Gasteiger partial charge in [-0.15, -0.1) is 11.8 Å². The van der Waals surface area contributed by atoms with E-state index in [0.29, 0.717) is 5.75 Å². The van der Waals surface area contributed by atoms with E-state index in [2.05, 4.69) is 12.6 Å². The third-order valence-corrected chi connectivity index (χ3v) is 3.38. The van der Waals surface area contributed by atoms with Gasteiger partial charge in [-0.2, -0.15) is 12.6 Å². The second-order valence-corrected chi connectivity index (χ2v) is 4.35. The Bertz CT molecular complexity index is 107. The van der Waals surface area contributed by atoms with E-state index < -0.39 is 18.3 Å². The highest BCUT2D eigenvalue weighted by Gasteiger charge is 2.34. The first-order valence-corrected chi connectivity index (χ1v) is 4.53. The van der Waals surface area contributed by atoms with Crippen molar-refractivity contribution >= 4 is 24.4 Å². The molecule has 60 valence electrons. The lowest BCUT2D eigenvalue weighted by Crippen LogP contribution is -2.47. The predicted molar refractivity (Wildman–Crippen MR) is 43.3 cm³/mol. The van der Waals surface area contributed by atoms with Crippen LogP contribution in [-0.4, -0.2) is 44.0 Å². The molecule has 0 aromatic rings. The standard InChI is InChI=1S/C5H10O3S2/c6-2-1-10-5(9)4(8)3(2)7/h2-9H,1H2/t2-,3-,4+,5-/m1/s1. The molecule has 1 rings (SSSR count). The highest BCUT2D eigenvalue weighted by Crippen LogP contribution is 2.28. The molecule has 0 bridgehead atoms. The lowest BCUT2D eigenvalue weighted by atomic mass is 10.1. The molecule has 0 aromatic heterocycles. The molecule has 1 fully saturated rings. The maximum Gasteiger partial charge on any atom is 0.108 e. The summed E-state index contributed by atoms with van der Waals surface area (Å²) in [7, 11) is 0. The summed E-state index contributed by atoms with van der Waals surface area (Å²) >= 11 is 5.34. The SMILES string of the molecule is O[C@H]1[C@H](O)[C@H](S)SC[C@H]1O. The first-order chi connectivity index (χ1) is 4.63. The van der Waals surface area contributed by atoms with Gasteiger partial charge in [-0.25, -0.2) is 0 Å². The molecule has 0 unspecified atom stereocenters. The van der Waals surface area contributed by atoms with Crippen LogP contribution in [0.4, 0.5) is 0 Å². The molecule has 0 amide bonds. The van der Waals surface area contributed by atoms with Gasteiger partial charge in [-0.3, -0.25) is 0 Å². The Morgan fingerprint density at radius 1 is 1.20 bits per heavy atom. The molecule has 1 aliphatic rings. The topological polar surface area (TPSA) is 60.7 Å². The normalized spacial score (nSPS) is 49.2. The van der Waals surface area contributed by atoms with Crippen molar-refractivity contribution in [2.75, 3.05) is 5.75 Å². The minimum atomic E-state index is -1.04. The summed E-state index contributed by atoms with van der Waals surface area (Å²) in [6.07, 6.45) is -2.77. The van der Waals surface area contributed by atoms with Crippen LogP contribution in [-0.2, 0) is 0 Å². The molecule has 0 radical (unpaired) electrons. The monoisotopic (exact) mass is 182 g/mol. The lowest BCUT2D eigenvalue weighted by Gasteiger charge is -2.31. The van der Waals surface area contributed by atoms with E-state index in [1.165, 1.54) is 11.8 Å². The van der Waals surface area contributed by atoms with Crippen LogP contribution in [0.25, 0.3) is 0 Å². The Morgan fingerprint density at radius 3 is 2.30 bits per heavy atom. The fraction of sp³-hybridized carbons (Fsp3) is 1.00. The van der Waals surface area contributed by atoms with Gasteiger partial charge in [0.1, 0.15) is 12.2 Å². The highest BCUT2D eigenvalue weighted by molar-refractivity contribution is 8.10. The molecule has 1 saturated heterocycles. The predicted octanol–water partition coefficient (Wildman–Crippen LogP) is -0.928. The van der Waals surface area contributed by atoms with Crippen molar-refractivity contribution in [2.45, 2.75) is 22.9 Å². The molecule has 0 aliphatic carbocycles. The van der Waals surface area contributed by atoms with Gasteiger partial charge in [0.25, 0.3) is 0 Å². The van der Waals surface area contributed by atoms with Crippen LogP contribution in [0.15, 0.2) is 0 Å². The smallest absolute Gasteiger partial charge is 0.108 e. The fourth-order valence-electron chi connectivity index (χ4n) is 0.791. The second-order valence-electron chi connectivity index (χ2n) is 2.27. The molecule has 1 heterocycles. The van der Waals surface area contributed by atoms with Crippen molar-refractivity contribution in [3.05, 3.63) is 0 Å². The van der Waals surface area contributed by atoms with E-state index >= 15 is 0 Å². The van der Waals surface area contributed by atoms with Crippen LogP contribution in [0.5, 0.6) is 0 Å². The first-order valence-electron chi connectivity index (χ1n) is 2.97. The summed E-state index contributed by atoms with van der Waals surface area (Å²) in [6.45, 7) is 0. The van der Waals surface area contributed by atoms with Crippen LogP contribution in [0.2, 0.25) is 0 Å². The first kappa shape index (κ1) is 8.67. The molecule has 1 aliphatic heterocycles. The Morgan fingerprint density at radius 2 is 1.80 bits per heavy atom. The molecule has 0 aromatic carbocycles. The van der Waals surface area contributed by atoms with Gasteiger partial charge in [-0.1, -0.05) is 0 Å². The average Bonchev–Trinajstić information content (AvgIpc) is 1.93. The maximum atomic E-state index is 9.11. The quantitative estimate of drug-likeness (QED) is 0.366. The fourth-order valence-corrected chi connectivity index (χ4v) is 2.17. The van der Waals surface area contributed by atoms with Crippen LogP contribution < -0.4 is 0 Å². The van der Waals surface area contributed by atoms with Gasteiger partial charge < -0.3 is 15.3 Å². The number of rotatable bonds is 0. The van der Waals surface area contributed by atoms with Gasteiger partial charge in [0, 0.05) is 5.75 Å². The van der Waals surface area contributed by atoms with E-state index in [4.69, 9.17) is 15.3 Å². The van der Waals surface area contributed by atoms with Crippen LogP contribution in [0.3, 0.4) is 0 Å². The summed E-state index contributed by atoms with van der Waals surface area (Å²) in [5, 5.41) is 27.2. The van der Waals surface area contributed by atoms with Crippen molar-refractivity contribution in [3.63, 3.8) is 0 Å². The zero-order valence-corrected chi connectivity index (χ0v) is 6.92. The van der Waals surface area contributed by atoms with Gasteiger partial charge in [0.05, 0.1) is 10.7 Å². The van der Waals surface area contributed by atoms with Gasteiger partial charge in [0.15, 0.2) is 0 Å². The number of hydrogen-bond acceptors (Lipinski definition) is 5. The summed E-state index contributed by atoms with van der Waals surface area (Å²) in [6, 6.07) is 0. The summed E-state index contributed by atoms with van der Waals surface area (Å²) < 4.78 is -0.279. The van der Waals surface area contributed by atoms with E-state index in [9.17, 15) is 0 Å². The van der Waals surface area contributed by atoms with Gasteiger partial charge in [0.2, 0.25) is 0 Å². The maximum absolute atomic E-state index is 9.11. The van der Waals surface area contributed by atoms with Gasteiger partial charge >= 0.3 is 0 Å². The summed E-state index contributed by atoms with van der Waals surface area (Å²) in [5.74, 6) is 0.437. The number of aliphatic hydroxyl groups is 3. The van der Waals surface area contributed by atoms with Crippen molar-refractivity contribution in [2.24, 2.45) is 0 Å². The molecular formula is C5H10O3S2. The van der Waals surface area contributed by atoms with E-state index in [0.717, 1.165) is 0 Å². The number of thiol groups is 1. The number of thioether (sulfide) groups is 1. The van der Waals surface area contributed by atoms with Crippen LogP contribution >= 0.6 is 24.4 Å². The van der Waals surface area contributed by atoms with Crippen LogP contribution in [0.1, 0.15) is 0 Å². The van der Waals surface area contributed by atoms with Crippen molar-refractivity contribution in [1.82, 2.24) is 0 Å². The molecule has 3 N–H and O–H groups in total. The summed E-state index contributed by atoms with van der Waals surface area (Å²) in [5.41, 5.74) is 0. The third-order valence-electron chi connectivity index (χ3n) is 1.47. The minimum Gasteiger partial charge on any atom is -0.389 e. The Kier molecular flexibility index (Phi) is 2.88. The zero-order chi connectivity index (χ0) is 7.72. The Balaban J connectivity index is 2.52. The second kappa shape index (κ2) is 3.32. The molecular weight excluding hydrogens is 172 g/mol. The van der Waals surface area contributed by atoms with Gasteiger partial charge in [-0.05, 0) is 0 Å². The van der Waals surface area contributed by atoms with Crippen molar-refractivity contribution in [1.29, 1.82) is 0 Å². The minimum absolute atomic E-state index is 0.279. The molecule has 5 heteroatoms. The molecule has 4 atom stereocenters. The Labute approximate surface area is 68.9 Å². The van der Waals surface area contributed by atoms with Crippen molar-refractivity contribution in [3.8, 4) is 0 Å². The molecule has 0 spiro atoms. The third kappa shape index (κ3) is 1.60. The van der Waals surface area contributed by atoms with E-state index in [-0.39, 0.29) is 4.58 Å². The highest BCUT2D eigenvalue weighted by atomic mass is 32.2. The molecule has 3 nitrogen and oxygen atoms in total. The van der Waals surface area contributed by atoms with Crippen LogP contribution in [0, 0.1) is 0 Å². The number of aliphatic hydroxyl groups excluding tert-OH is 3. The zero-order valence-electron chi connectivity index (χ0n) is 5.21. The Hall–Kier alpha value is 0.580. The van der Waals surface area contributed by atoms with Crippen molar-refractivity contribution < 1.29 is 15.3 Å². The largest absolute Gasteiger partial charge is 0.389 e. The molecule has 10 heavy (non-hydrogen) atoms. The van der Waals surface area contributed by atoms with E-state index in [1.54, 1.807) is 0 Å². The summed E-state index contributed by atoms with van der Waals surface area (Å²) in [4.78, 5) is 0. The number of hydrogen-bond donors (Lipinski definition) is 4. The molecule has 0 saturated carbocycles. The van der Waals surface area contributed by atoms with E-state index in [1.807, 2.05) is 0 Å². The average molecular weight is 182 g/mol. The lowest BCUT2D eigenvalue weighted by molar-refractivity contribution is -0.0472.